The average molecular weight is 592 g/mol. The molecule has 3 aromatic carbocycles. The van der Waals surface area contributed by atoms with Gasteiger partial charge in [0.25, 0.3) is 11.8 Å². The Morgan fingerprint density at radius 3 is 2.29 bits per heavy atom. The van der Waals surface area contributed by atoms with Gasteiger partial charge in [0.2, 0.25) is 11.0 Å². The Kier molecular flexibility index (Phi) is 7.71. The molecule has 0 radical (unpaired) electrons. The van der Waals surface area contributed by atoms with E-state index in [0.29, 0.717) is 27.0 Å². The third kappa shape index (κ3) is 5.65. The van der Waals surface area contributed by atoms with Gasteiger partial charge in [-0.05, 0) is 72.9 Å². The van der Waals surface area contributed by atoms with Crippen LogP contribution in [0.4, 0.5) is 11.4 Å². The summed E-state index contributed by atoms with van der Waals surface area (Å²) in [6.45, 7) is 0. The number of rotatable bonds is 6. The molecule has 0 bridgehead atoms. The molecule has 1 saturated heterocycles. The number of hydrogen-bond acceptors (Lipinski definition) is 4. The number of benzene rings is 3. The molecule has 1 atom stereocenters. The fourth-order valence-corrected chi connectivity index (χ4v) is 4.38. The summed E-state index contributed by atoms with van der Waals surface area (Å²) < 4.78 is 0.809. The van der Waals surface area contributed by atoms with Crippen molar-refractivity contribution in [2.24, 2.45) is 0 Å². The number of anilines is 2. The maximum atomic E-state index is 13.4. The van der Waals surface area contributed by atoms with E-state index in [1.54, 1.807) is 72.8 Å². The Balaban J connectivity index is 1.61. The zero-order chi connectivity index (χ0) is 25.1. The molecule has 4 rings (SSSR count). The normalized spacial score (nSPS) is 15.3. The van der Waals surface area contributed by atoms with Crippen LogP contribution < -0.4 is 15.6 Å². The summed E-state index contributed by atoms with van der Waals surface area (Å²) in [4.78, 5) is 40.5. The third-order valence-corrected chi connectivity index (χ3v) is 6.64. The van der Waals surface area contributed by atoms with E-state index in [2.05, 4.69) is 26.7 Å². The lowest BCUT2D eigenvalue weighted by atomic mass is 10.1. The number of amides is 3. The fraction of sp³-hybridized carbons (Fsp3) is 0.0833. The van der Waals surface area contributed by atoms with Crippen LogP contribution in [0, 0.1) is 0 Å². The smallest absolute Gasteiger partial charge is 0.269 e. The fourth-order valence-electron chi connectivity index (χ4n) is 3.44. The zero-order valence-electron chi connectivity index (χ0n) is 17.9. The van der Waals surface area contributed by atoms with E-state index in [9.17, 15) is 14.4 Å². The van der Waals surface area contributed by atoms with Crippen LogP contribution in [0.2, 0.25) is 10.0 Å². The van der Waals surface area contributed by atoms with Gasteiger partial charge in [-0.15, -0.1) is 0 Å². The molecule has 3 aromatic rings. The lowest BCUT2D eigenvalue weighted by Gasteiger charge is -2.24. The second kappa shape index (κ2) is 10.7. The van der Waals surface area contributed by atoms with Gasteiger partial charge in [-0.1, -0.05) is 51.3 Å². The van der Waals surface area contributed by atoms with Crippen molar-refractivity contribution in [2.75, 3.05) is 10.2 Å². The summed E-state index contributed by atoms with van der Waals surface area (Å²) in [5.74, 6) is -1.43. The molecule has 0 aliphatic carbocycles. The minimum Gasteiger partial charge on any atom is -0.325 e. The maximum Gasteiger partial charge on any atom is 0.269 e. The highest BCUT2D eigenvalue weighted by atomic mass is 79.9. The van der Waals surface area contributed by atoms with Gasteiger partial charge in [0.05, 0.1) is 22.8 Å². The van der Waals surface area contributed by atoms with E-state index in [1.807, 2.05) is 0 Å². The lowest BCUT2D eigenvalue weighted by molar-refractivity contribution is -0.124. The number of hydrogen-bond donors (Lipinski definition) is 2. The molecule has 11 heteroatoms. The molecule has 1 heterocycles. The van der Waals surface area contributed by atoms with E-state index < -0.39 is 23.8 Å². The first-order chi connectivity index (χ1) is 16.7. The SMILES string of the molecule is O=C(CC1C(=O)N(c2ccc(Cl)cc2)C(=S)N1NC(=O)c1ccc(Br)cc1)Nc1ccccc1Cl. The predicted molar refractivity (Wildman–Crippen MR) is 143 cm³/mol. The van der Waals surface area contributed by atoms with Crippen molar-refractivity contribution < 1.29 is 14.4 Å². The van der Waals surface area contributed by atoms with Crippen molar-refractivity contribution in [2.45, 2.75) is 12.5 Å². The van der Waals surface area contributed by atoms with Crippen molar-refractivity contribution in [1.29, 1.82) is 0 Å². The molecule has 178 valence electrons. The number of thiocarbonyl (C=S) groups is 1. The van der Waals surface area contributed by atoms with Crippen LogP contribution in [0.25, 0.3) is 0 Å². The quantitative estimate of drug-likeness (QED) is 0.374. The highest BCUT2D eigenvalue weighted by Gasteiger charge is 2.45. The van der Waals surface area contributed by atoms with Crippen molar-refractivity contribution in [3.8, 4) is 0 Å². The molecule has 0 spiro atoms. The minimum atomic E-state index is -1.08. The topological polar surface area (TPSA) is 81.8 Å². The van der Waals surface area contributed by atoms with Gasteiger partial charge in [-0.25, -0.2) is 5.01 Å². The second-order valence-electron chi connectivity index (χ2n) is 7.50. The summed E-state index contributed by atoms with van der Waals surface area (Å²) in [7, 11) is 0. The first-order valence-electron chi connectivity index (χ1n) is 10.3. The predicted octanol–water partition coefficient (Wildman–Crippen LogP) is 5.43. The van der Waals surface area contributed by atoms with Crippen LogP contribution >= 0.6 is 51.3 Å². The largest absolute Gasteiger partial charge is 0.325 e. The van der Waals surface area contributed by atoms with Crippen molar-refractivity contribution in [3.63, 3.8) is 0 Å². The Labute approximate surface area is 225 Å². The standard InChI is InChI=1S/C24H17BrCl2N4O3S/c25-15-7-5-14(6-8-15)22(33)29-31-20(13-21(32)28-19-4-2-1-3-18(19)27)23(34)30(24(31)35)17-11-9-16(26)10-12-17/h1-12,20H,13H2,(H,28,32)(H,29,33). The Morgan fingerprint density at radius 1 is 0.971 bits per heavy atom. The summed E-state index contributed by atoms with van der Waals surface area (Å²) >= 11 is 21.0. The molecule has 1 fully saturated rings. The lowest BCUT2D eigenvalue weighted by Crippen LogP contribution is -2.49. The second-order valence-corrected chi connectivity index (χ2v) is 9.62. The van der Waals surface area contributed by atoms with Gasteiger partial charge < -0.3 is 5.32 Å². The molecule has 1 aliphatic rings. The first-order valence-corrected chi connectivity index (χ1v) is 12.2. The molecule has 0 aromatic heterocycles. The van der Waals surface area contributed by atoms with E-state index in [0.717, 1.165) is 4.47 Å². The number of halogens is 3. The zero-order valence-corrected chi connectivity index (χ0v) is 21.8. The van der Waals surface area contributed by atoms with Crippen molar-refractivity contribution in [3.05, 3.63) is 92.9 Å². The van der Waals surface area contributed by atoms with Gasteiger partial charge in [0, 0.05) is 15.1 Å². The van der Waals surface area contributed by atoms with E-state index in [4.69, 9.17) is 35.4 Å². The van der Waals surface area contributed by atoms with Gasteiger partial charge >= 0.3 is 0 Å². The number of carbonyl (C=O) groups is 3. The molecule has 1 aliphatic heterocycles. The van der Waals surface area contributed by atoms with Crippen LogP contribution in [-0.4, -0.2) is 33.9 Å². The van der Waals surface area contributed by atoms with E-state index in [-0.39, 0.29) is 11.5 Å². The molecule has 0 saturated carbocycles. The van der Waals surface area contributed by atoms with Gasteiger partial charge in [0.1, 0.15) is 6.04 Å². The highest BCUT2D eigenvalue weighted by molar-refractivity contribution is 9.10. The first kappa shape index (κ1) is 25.1. The van der Waals surface area contributed by atoms with Gasteiger partial charge in [-0.3, -0.25) is 24.7 Å². The van der Waals surface area contributed by atoms with Gasteiger partial charge in [0.15, 0.2) is 0 Å². The molecular formula is C24H17BrCl2N4O3S. The molecule has 7 nitrogen and oxygen atoms in total. The molecule has 3 amide bonds. The summed E-state index contributed by atoms with van der Waals surface area (Å²) in [6, 6.07) is 18.9. The number of nitrogens with one attached hydrogen (secondary N) is 2. The van der Waals surface area contributed by atoms with Crippen LogP contribution in [0.15, 0.2) is 77.3 Å². The molecule has 35 heavy (non-hydrogen) atoms. The summed E-state index contributed by atoms with van der Waals surface area (Å²) in [5, 5.41) is 4.81. The van der Waals surface area contributed by atoms with E-state index in [1.165, 1.54) is 9.91 Å². The van der Waals surface area contributed by atoms with Crippen LogP contribution in [0.3, 0.4) is 0 Å². The highest BCUT2D eigenvalue weighted by Crippen LogP contribution is 2.28. The average Bonchev–Trinajstić information content (AvgIpc) is 3.05. The molecule has 1 unspecified atom stereocenters. The Morgan fingerprint density at radius 2 is 1.63 bits per heavy atom. The van der Waals surface area contributed by atoms with Crippen molar-refractivity contribution in [1.82, 2.24) is 10.4 Å². The van der Waals surface area contributed by atoms with Crippen molar-refractivity contribution >= 4 is 85.6 Å². The molecular weight excluding hydrogens is 575 g/mol. The van der Waals surface area contributed by atoms with Gasteiger partial charge in [-0.2, -0.15) is 0 Å². The molecule has 2 N–H and O–H groups in total. The number of hydrazine groups is 1. The number of carbonyl (C=O) groups excluding carboxylic acids is 3. The monoisotopic (exact) mass is 590 g/mol. The minimum absolute atomic E-state index is 0.0262. The summed E-state index contributed by atoms with van der Waals surface area (Å²) in [5.41, 5.74) is 3.90. The summed E-state index contributed by atoms with van der Waals surface area (Å²) in [6.07, 6.45) is -0.283. The van der Waals surface area contributed by atoms with Crippen LogP contribution in [0.1, 0.15) is 16.8 Å². The Bertz CT molecular complexity index is 1300. The number of nitrogens with zero attached hydrogens (tertiary/aromatic N) is 2. The third-order valence-electron chi connectivity index (χ3n) is 5.15. The van der Waals surface area contributed by atoms with Crippen LogP contribution in [0.5, 0.6) is 0 Å². The van der Waals surface area contributed by atoms with E-state index >= 15 is 0 Å². The Hall–Kier alpha value is -2.98. The van der Waals surface area contributed by atoms with Crippen LogP contribution in [-0.2, 0) is 9.59 Å². The number of para-hydroxylation sites is 1. The maximum absolute atomic E-state index is 13.4.